The second kappa shape index (κ2) is 2.19. The van der Waals surface area contributed by atoms with Crippen molar-refractivity contribution in [3.63, 3.8) is 0 Å². The summed E-state index contributed by atoms with van der Waals surface area (Å²) in [6.07, 6.45) is -2.33. The highest BCUT2D eigenvalue weighted by atomic mass is 19.3. The van der Waals surface area contributed by atoms with Crippen LogP contribution < -0.4 is 10.6 Å². The summed E-state index contributed by atoms with van der Waals surface area (Å²) in [6, 6.07) is 0. The smallest absolute Gasteiger partial charge is 0.269 e. The highest BCUT2D eigenvalue weighted by Crippen LogP contribution is 2.13. The van der Waals surface area contributed by atoms with Crippen LogP contribution in [0.15, 0.2) is 0 Å². The first kappa shape index (κ1) is 6.89. The number of halogens is 2. The fraction of sp³-hybridized carbons (Fsp3) is 1.00. The lowest BCUT2D eigenvalue weighted by molar-refractivity contribution is 0.0393. The number of nitrogens with one attached hydrogen (secondary N) is 2. The van der Waals surface area contributed by atoms with Crippen molar-refractivity contribution in [3.8, 4) is 0 Å². The molecular formula is C5H10F2N2. The monoisotopic (exact) mass is 136 g/mol. The van der Waals surface area contributed by atoms with E-state index in [0.717, 1.165) is 0 Å². The van der Waals surface area contributed by atoms with E-state index in [1.807, 2.05) is 0 Å². The van der Waals surface area contributed by atoms with Crippen molar-refractivity contribution in [2.75, 3.05) is 13.1 Å². The van der Waals surface area contributed by atoms with Gasteiger partial charge in [0, 0.05) is 13.1 Å². The summed E-state index contributed by atoms with van der Waals surface area (Å²) < 4.78 is 24.0. The zero-order valence-electron chi connectivity index (χ0n) is 5.25. The molecule has 2 N–H and O–H groups in total. The molecule has 9 heavy (non-hydrogen) atoms. The van der Waals surface area contributed by atoms with Crippen LogP contribution in [0.4, 0.5) is 8.78 Å². The van der Waals surface area contributed by atoms with Gasteiger partial charge in [-0.3, -0.25) is 10.6 Å². The van der Waals surface area contributed by atoms with Crippen LogP contribution in [0.1, 0.15) is 6.92 Å². The third-order valence-corrected chi connectivity index (χ3v) is 1.55. The first-order valence-corrected chi connectivity index (χ1v) is 2.93. The Morgan fingerprint density at radius 1 is 1.33 bits per heavy atom. The van der Waals surface area contributed by atoms with Crippen LogP contribution in [0.5, 0.6) is 0 Å². The lowest BCUT2D eigenvalue weighted by Gasteiger charge is -2.22. The Morgan fingerprint density at radius 2 is 1.78 bits per heavy atom. The molecule has 54 valence electrons. The lowest BCUT2D eigenvalue weighted by Crippen LogP contribution is -2.52. The summed E-state index contributed by atoms with van der Waals surface area (Å²) in [4.78, 5) is 0. The van der Waals surface area contributed by atoms with Gasteiger partial charge in [0.15, 0.2) is 0 Å². The first-order valence-electron chi connectivity index (χ1n) is 2.93. The van der Waals surface area contributed by atoms with Gasteiger partial charge < -0.3 is 0 Å². The van der Waals surface area contributed by atoms with Crippen LogP contribution in [0.25, 0.3) is 0 Å². The Balaban J connectivity index is 2.51. The molecule has 0 aromatic rings. The molecule has 0 unspecified atom stereocenters. The van der Waals surface area contributed by atoms with Crippen LogP contribution >= 0.6 is 0 Å². The molecule has 1 aliphatic rings. The van der Waals surface area contributed by atoms with Gasteiger partial charge in [0.25, 0.3) is 6.43 Å². The highest BCUT2D eigenvalue weighted by Gasteiger charge is 2.36. The molecule has 0 atom stereocenters. The van der Waals surface area contributed by atoms with Crippen LogP contribution in [0.2, 0.25) is 0 Å². The Bertz CT molecular complexity index is 99.1. The lowest BCUT2D eigenvalue weighted by atomic mass is 10.2. The summed E-state index contributed by atoms with van der Waals surface area (Å²) in [5.74, 6) is 0. The topological polar surface area (TPSA) is 24.1 Å². The van der Waals surface area contributed by atoms with Gasteiger partial charge in [0.2, 0.25) is 0 Å². The molecular weight excluding hydrogens is 126 g/mol. The summed E-state index contributed by atoms with van der Waals surface area (Å²) in [5.41, 5.74) is -1.14. The van der Waals surface area contributed by atoms with Crippen molar-refractivity contribution in [3.05, 3.63) is 0 Å². The van der Waals surface area contributed by atoms with E-state index >= 15 is 0 Å². The molecule has 0 aromatic heterocycles. The molecule has 0 aromatic carbocycles. The maximum absolute atomic E-state index is 12.0. The fourth-order valence-corrected chi connectivity index (χ4v) is 0.861. The summed E-state index contributed by atoms with van der Waals surface area (Å²) in [7, 11) is 0. The standard InChI is InChI=1S/C5H10F2N2/c1-5(4(6)7)8-2-3-9-5/h4,8-9H,2-3H2,1H3. The molecule has 0 saturated carbocycles. The van der Waals surface area contributed by atoms with Crippen molar-refractivity contribution in [2.45, 2.75) is 19.0 Å². The molecule has 0 amide bonds. The number of hydrogen-bond donors (Lipinski definition) is 2. The Morgan fingerprint density at radius 3 is 2.00 bits per heavy atom. The Hall–Kier alpha value is -0.220. The molecule has 4 heteroatoms. The maximum Gasteiger partial charge on any atom is 0.269 e. The normalized spacial score (nSPS) is 25.3. The number of hydrogen-bond acceptors (Lipinski definition) is 2. The third kappa shape index (κ3) is 1.19. The van der Waals surface area contributed by atoms with Gasteiger partial charge in [-0.05, 0) is 6.92 Å². The van der Waals surface area contributed by atoms with E-state index in [2.05, 4.69) is 10.6 Å². The second-order valence-corrected chi connectivity index (χ2v) is 2.36. The molecule has 1 rings (SSSR count). The fourth-order valence-electron chi connectivity index (χ4n) is 0.861. The van der Waals surface area contributed by atoms with Crippen LogP contribution in [0, 0.1) is 0 Å². The van der Waals surface area contributed by atoms with Gasteiger partial charge in [-0.25, -0.2) is 8.78 Å². The first-order chi connectivity index (χ1) is 4.15. The molecule has 0 aliphatic carbocycles. The van der Waals surface area contributed by atoms with Crippen LogP contribution in [-0.4, -0.2) is 25.2 Å². The highest BCUT2D eigenvalue weighted by molar-refractivity contribution is 4.88. The van der Waals surface area contributed by atoms with Gasteiger partial charge >= 0.3 is 0 Å². The Labute approximate surface area is 52.6 Å². The van der Waals surface area contributed by atoms with E-state index in [-0.39, 0.29) is 0 Å². The van der Waals surface area contributed by atoms with Crippen molar-refractivity contribution < 1.29 is 8.78 Å². The van der Waals surface area contributed by atoms with Crippen LogP contribution in [-0.2, 0) is 0 Å². The van der Waals surface area contributed by atoms with Gasteiger partial charge in [0.1, 0.15) is 5.66 Å². The molecule has 1 aliphatic heterocycles. The molecule has 0 spiro atoms. The van der Waals surface area contributed by atoms with Gasteiger partial charge in [-0.15, -0.1) is 0 Å². The molecule has 0 bridgehead atoms. The average molecular weight is 136 g/mol. The maximum atomic E-state index is 12.0. The minimum atomic E-state index is -2.33. The summed E-state index contributed by atoms with van der Waals surface area (Å²) in [5, 5.41) is 5.34. The predicted molar refractivity (Wildman–Crippen MR) is 30.4 cm³/mol. The van der Waals surface area contributed by atoms with Gasteiger partial charge in [0.05, 0.1) is 0 Å². The summed E-state index contributed by atoms with van der Waals surface area (Å²) >= 11 is 0. The summed E-state index contributed by atoms with van der Waals surface area (Å²) in [6.45, 7) is 2.71. The minimum Gasteiger partial charge on any atom is -0.294 e. The average Bonchev–Trinajstić information content (AvgIpc) is 2.16. The van der Waals surface area contributed by atoms with Gasteiger partial charge in [-0.1, -0.05) is 0 Å². The van der Waals surface area contributed by atoms with E-state index in [1.54, 1.807) is 0 Å². The van der Waals surface area contributed by atoms with E-state index in [0.29, 0.717) is 13.1 Å². The molecule has 1 fully saturated rings. The molecule has 0 radical (unpaired) electrons. The van der Waals surface area contributed by atoms with E-state index in [1.165, 1.54) is 6.92 Å². The van der Waals surface area contributed by atoms with Crippen LogP contribution in [0.3, 0.4) is 0 Å². The van der Waals surface area contributed by atoms with E-state index in [4.69, 9.17) is 0 Å². The van der Waals surface area contributed by atoms with Gasteiger partial charge in [-0.2, -0.15) is 0 Å². The zero-order chi connectivity index (χ0) is 6.91. The third-order valence-electron chi connectivity index (χ3n) is 1.55. The van der Waals surface area contributed by atoms with Crippen molar-refractivity contribution >= 4 is 0 Å². The second-order valence-electron chi connectivity index (χ2n) is 2.36. The molecule has 1 saturated heterocycles. The van der Waals surface area contributed by atoms with Crippen molar-refractivity contribution in [1.29, 1.82) is 0 Å². The van der Waals surface area contributed by atoms with E-state index < -0.39 is 12.1 Å². The quantitative estimate of drug-likeness (QED) is 0.536. The minimum absolute atomic E-state index is 0.626. The molecule has 2 nitrogen and oxygen atoms in total. The zero-order valence-corrected chi connectivity index (χ0v) is 5.25. The predicted octanol–water partition coefficient (Wildman–Crippen LogP) is 0.160. The number of rotatable bonds is 1. The largest absolute Gasteiger partial charge is 0.294 e. The van der Waals surface area contributed by atoms with Crippen molar-refractivity contribution in [2.24, 2.45) is 0 Å². The Kier molecular flexibility index (Phi) is 1.68. The molecule has 1 heterocycles. The SMILES string of the molecule is CC1(C(F)F)NCCN1. The number of alkyl halides is 2. The van der Waals surface area contributed by atoms with E-state index in [9.17, 15) is 8.78 Å². The van der Waals surface area contributed by atoms with Crippen molar-refractivity contribution in [1.82, 2.24) is 10.6 Å².